The van der Waals surface area contributed by atoms with Crippen LogP contribution in [0, 0.1) is 0 Å². The Morgan fingerprint density at radius 1 is 0.955 bits per heavy atom. The molecule has 2 rings (SSSR count). The highest BCUT2D eigenvalue weighted by molar-refractivity contribution is 5.89. The number of amides is 1. The summed E-state index contributed by atoms with van der Waals surface area (Å²) in [6, 6.07) is 15.7. The van der Waals surface area contributed by atoms with E-state index in [0.717, 1.165) is 5.56 Å². The third-order valence-corrected chi connectivity index (χ3v) is 2.87. The van der Waals surface area contributed by atoms with Gasteiger partial charge < -0.3 is 14.4 Å². The van der Waals surface area contributed by atoms with Crippen LogP contribution in [0.5, 0.6) is 5.75 Å². The molecule has 0 radical (unpaired) electrons. The zero-order valence-corrected chi connectivity index (χ0v) is 12.5. The molecule has 1 amide bonds. The van der Waals surface area contributed by atoms with Crippen LogP contribution < -0.4 is 4.74 Å². The molecule has 2 aromatic carbocycles. The van der Waals surface area contributed by atoms with Gasteiger partial charge in [-0.2, -0.15) is 0 Å². The van der Waals surface area contributed by atoms with Gasteiger partial charge in [-0.15, -0.1) is 0 Å². The Morgan fingerprint density at radius 2 is 1.59 bits per heavy atom. The van der Waals surface area contributed by atoms with Crippen LogP contribution in [0.1, 0.15) is 15.9 Å². The van der Waals surface area contributed by atoms with Crippen molar-refractivity contribution in [1.82, 2.24) is 4.90 Å². The first-order valence-electron chi connectivity index (χ1n) is 6.76. The molecule has 0 aromatic heterocycles. The summed E-state index contributed by atoms with van der Waals surface area (Å²) in [4.78, 5) is 24.6. The summed E-state index contributed by atoms with van der Waals surface area (Å²) < 4.78 is 10.3. The normalized spacial score (nSPS) is 9.91. The van der Waals surface area contributed by atoms with E-state index >= 15 is 0 Å². The summed E-state index contributed by atoms with van der Waals surface area (Å²) in [5.41, 5.74) is 1.33. The molecule has 22 heavy (non-hydrogen) atoms. The molecule has 0 unspecified atom stereocenters. The summed E-state index contributed by atoms with van der Waals surface area (Å²) in [5, 5.41) is 0. The predicted octanol–water partition coefficient (Wildman–Crippen LogP) is 3.10. The largest absolute Gasteiger partial charge is 0.457 e. The maximum atomic E-state index is 11.9. The Morgan fingerprint density at radius 3 is 2.18 bits per heavy atom. The minimum absolute atomic E-state index is 0.219. The van der Waals surface area contributed by atoms with Crippen LogP contribution in [0.4, 0.5) is 4.79 Å². The van der Waals surface area contributed by atoms with Gasteiger partial charge in [0.2, 0.25) is 0 Å². The molecule has 0 N–H and O–H groups in total. The first-order chi connectivity index (χ1) is 10.6. The van der Waals surface area contributed by atoms with Crippen molar-refractivity contribution in [2.75, 3.05) is 14.1 Å². The second kappa shape index (κ2) is 7.26. The minimum Gasteiger partial charge on any atom is -0.457 e. The molecular formula is C17H17NO4. The van der Waals surface area contributed by atoms with Crippen LogP contribution in [0.25, 0.3) is 0 Å². The van der Waals surface area contributed by atoms with Crippen LogP contribution in [-0.2, 0) is 11.3 Å². The van der Waals surface area contributed by atoms with Gasteiger partial charge in [0.25, 0.3) is 0 Å². The van der Waals surface area contributed by atoms with Crippen molar-refractivity contribution in [2.45, 2.75) is 6.61 Å². The molecule has 0 aliphatic carbocycles. The van der Waals surface area contributed by atoms with E-state index in [1.165, 1.54) is 4.90 Å². The Balaban J connectivity index is 1.92. The van der Waals surface area contributed by atoms with Gasteiger partial charge in [0.1, 0.15) is 12.4 Å². The molecule has 0 fully saturated rings. The van der Waals surface area contributed by atoms with Crippen LogP contribution in [0.3, 0.4) is 0 Å². The lowest BCUT2D eigenvalue weighted by atomic mass is 10.2. The quantitative estimate of drug-likeness (QED) is 0.814. The number of nitrogens with zero attached hydrogens (tertiary/aromatic N) is 1. The molecule has 0 bridgehead atoms. The van der Waals surface area contributed by atoms with Crippen LogP contribution in [-0.4, -0.2) is 31.1 Å². The van der Waals surface area contributed by atoms with Crippen molar-refractivity contribution >= 4 is 12.1 Å². The molecule has 0 aliphatic rings. The van der Waals surface area contributed by atoms with Gasteiger partial charge in [-0.3, -0.25) is 0 Å². The Bertz CT molecular complexity index is 635. The second-order valence-corrected chi connectivity index (χ2v) is 4.85. The van der Waals surface area contributed by atoms with E-state index in [1.54, 1.807) is 38.4 Å². The molecule has 5 nitrogen and oxygen atoms in total. The van der Waals surface area contributed by atoms with Gasteiger partial charge in [0, 0.05) is 14.1 Å². The Hall–Kier alpha value is -2.82. The highest BCUT2D eigenvalue weighted by Crippen LogP contribution is 2.14. The topological polar surface area (TPSA) is 55.8 Å². The maximum absolute atomic E-state index is 11.9. The number of ether oxygens (including phenoxy) is 2. The Kier molecular flexibility index (Phi) is 5.14. The van der Waals surface area contributed by atoms with Crippen molar-refractivity contribution in [2.24, 2.45) is 0 Å². The van der Waals surface area contributed by atoms with E-state index in [-0.39, 0.29) is 6.61 Å². The van der Waals surface area contributed by atoms with Gasteiger partial charge in [-0.05, 0) is 29.8 Å². The molecule has 0 spiro atoms. The summed E-state index contributed by atoms with van der Waals surface area (Å²) in [7, 11) is 3.19. The predicted molar refractivity (Wildman–Crippen MR) is 81.7 cm³/mol. The van der Waals surface area contributed by atoms with E-state index in [4.69, 9.17) is 9.47 Å². The lowest BCUT2D eigenvalue weighted by Crippen LogP contribution is -2.25. The van der Waals surface area contributed by atoms with Crippen molar-refractivity contribution < 1.29 is 19.1 Å². The first kappa shape index (κ1) is 15.6. The van der Waals surface area contributed by atoms with Crippen LogP contribution >= 0.6 is 0 Å². The number of hydrogen-bond acceptors (Lipinski definition) is 4. The average molecular weight is 299 g/mol. The van der Waals surface area contributed by atoms with Crippen molar-refractivity contribution in [1.29, 1.82) is 0 Å². The van der Waals surface area contributed by atoms with Crippen LogP contribution in [0.15, 0.2) is 54.6 Å². The standard InChI is InChI=1S/C17H17NO4/c1-18(2)17(20)22-15-10-8-14(9-11-15)16(19)21-12-13-6-4-3-5-7-13/h3-11H,12H2,1-2H3. The van der Waals surface area contributed by atoms with E-state index in [1.807, 2.05) is 30.3 Å². The maximum Gasteiger partial charge on any atom is 0.414 e. The minimum atomic E-state index is -0.473. The second-order valence-electron chi connectivity index (χ2n) is 4.85. The Labute approximate surface area is 129 Å². The highest BCUT2D eigenvalue weighted by Gasteiger charge is 2.10. The third kappa shape index (κ3) is 4.34. The van der Waals surface area contributed by atoms with Crippen molar-refractivity contribution in [3.8, 4) is 5.75 Å². The molecule has 5 heteroatoms. The van der Waals surface area contributed by atoms with Gasteiger partial charge in [-0.1, -0.05) is 30.3 Å². The summed E-state index contributed by atoms with van der Waals surface area (Å²) in [6.45, 7) is 0.219. The zero-order chi connectivity index (χ0) is 15.9. The molecule has 0 atom stereocenters. The van der Waals surface area contributed by atoms with E-state index in [0.29, 0.717) is 11.3 Å². The number of benzene rings is 2. The molecule has 0 saturated heterocycles. The van der Waals surface area contributed by atoms with Gasteiger partial charge in [-0.25, -0.2) is 9.59 Å². The molecule has 0 saturated carbocycles. The molecular weight excluding hydrogens is 282 g/mol. The fourth-order valence-electron chi connectivity index (χ4n) is 1.66. The first-order valence-corrected chi connectivity index (χ1v) is 6.76. The van der Waals surface area contributed by atoms with Crippen LogP contribution in [0.2, 0.25) is 0 Å². The SMILES string of the molecule is CN(C)C(=O)Oc1ccc(C(=O)OCc2ccccc2)cc1. The molecule has 2 aromatic rings. The van der Waals surface area contributed by atoms with Crippen molar-refractivity contribution in [3.05, 3.63) is 65.7 Å². The van der Waals surface area contributed by atoms with Gasteiger partial charge >= 0.3 is 12.1 Å². The van der Waals surface area contributed by atoms with E-state index in [2.05, 4.69) is 0 Å². The van der Waals surface area contributed by atoms with E-state index in [9.17, 15) is 9.59 Å². The smallest absolute Gasteiger partial charge is 0.414 e. The highest BCUT2D eigenvalue weighted by atomic mass is 16.6. The number of esters is 1. The van der Waals surface area contributed by atoms with Gasteiger partial charge in [0.15, 0.2) is 0 Å². The molecule has 114 valence electrons. The number of carbonyl (C=O) groups excluding carboxylic acids is 2. The third-order valence-electron chi connectivity index (χ3n) is 2.87. The van der Waals surface area contributed by atoms with Gasteiger partial charge in [0.05, 0.1) is 5.56 Å². The number of carbonyl (C=O) groups is 2. The average Bonchev–Trinajstić information content (AvgIpc) is 2.54. The molecule has 0 heterocycles. The fourth-order valence-corrected chi connectivity index (χ4v) is 1.66. The number of rotatable bonds is 4. The summed E-state index contributed by atoms with van der Waals surface area (Å²) in [6.07, 6.45) is -0.473. The zero-order valence-electron chi connectivity index (χ0n) is 12.5. The lowest BCUT2D eigenvalue weighted by molar-refractivity contribution is 0.0472. The summed E-state index contributed by atoms with van der Waals surface area (Å²) >= 11 is 0. The monoisotopic (exact) mass is 299 g/mol. The van der Waals surface area contributed by atoms with E-state index < -0.39 is 12.1 Å². The molecule has 0 aliphatic heterocycles. The number of hydrogen-bond donors (Lipinski definition) is 0. The lowest BCUT2D eigenvalue weighted by Gasteiger charge is -2.10. The fraction of sp³-hybridized carbons (Fsp3) is 0.176. The summed E-state index contributed by atoms with van der Waals surface area (Å²) in [5.74, 6) is -0.0485. The van der Waals surface area contributed by atoms with Crippen molar-refractivity contribution in [3.63, 3.8) is 0 Å².